The van der Waals surface area contributed by atoms with Gasteiger partial charge >= 0.3 is 6.03 Å². The van der Waals surface area contributed by atoms with Crippen molar-refractivity contribution in [2.45, 2.75) is 39.3 Å². The molecule has 1 fully saturated rings. The van der Waals surface area contributed by atoms with Crippen LogP contribution in [0.3, 0.4) is 0 Å². The molecule has 0 radical (unpaired) electrons. The quantitative estimate of drug-likeness (QED) is 0.645. The molecular weight excluding hydrogens is 232 g/mol. The first-order valence-electron chi connectivity index (χ1n) is 6.35. The Bertz CT molecular complexity index is 312. The minimum atomic E-state index is -0.435. The fraction of sp³-hybridized carbons (Fsp3) is 0.833. The van der Waals surface area contributed by atoms with Gasteiger partial charge in [0, 0.05) is 31.2 Å². The summed E-state index contributed by atoms with van der Waals surface area (Å²) in [6.07, 6.45) is 0. The molecule has 1 aliphatic heterocycles. The molecule has 6 heteroatoms. The molecule has 0 aliphatic carbocycles. The summed E-state index contributed by atoms with van der Waals surface area (Å²) in [5.41, 5.74) is -0.341. The van der Waals surface area contributed by atoms with Gasteiger partial charge in [0.25, 0.3) is 0 Å². The first-order chi connectivity index (χ1) is 8.28. The Kier molecular flexibility index (Phi) is 5.10. The van der Waals surface area contributed by atoms with E-state index in [1.807, 2.05) is 20.8 Å². The monoisotopic (exact) mass is 256 g/mol. The Morgan fingerprint density at radius 3 is 2.61 bits per heavy atom. The molecule has 1 atom stereocenters. The second-order valence-corrected chi connectivity index (χ2v) is 5.78. The van der Waals surface area contributed by atoms with E-state index in [0.29, 0.717) is 6.04 Å². The number of hydrogen-bond acceptors (Lipinski definition) is 4. The minimum Gasteiger partial charge on any atom is -0.333 e. The highest BCUT2D eigenvalue weighted by atomic mass is 16.2. The number of amides is 3. The highest BCUT2D eigenvalue weighted by molar-refractivity contribution is 5.95. The predicted molar refractivity (Wildman–Crippen MR) is 70.3 cm³/mol. The Hall–Kier alpha value is -1.14. The largest absolute Gasteiger partial charge is 0.333 e. The molecular formula is C12H24N4O2. The van der Waals surface area contributed by atoms with Crippen LogP contribution in [0.2, 0.25) is 0 Å². The Labute approximate surface area is 108 Å². The molecule has 104 valence electrons. The third-order valence-corrected chi connectivity index (χ3v) is 2.73. The lowest BCUT2D eigenvalue weighted by molar-refractivity contribution is -0.121. The van der Waals surface area contributed by atoms with Crippen molar-refractivity contribution in [2.24, 2.45) is 0 Å². The number of rotatable bonds is 2. The number of carbonyl (C=O) groups excluding carboxylic acids is 2. The lowest BCUT2D eigenvalue weighted by Crippen LogP contribution is -2.55. The van der Waals surface area contributed by atoms with E-state index < -0.39 is 6.03 Å². The van der Waals surface area contributed by atoms with Gasteiger partial charge in [-0.1, -0.05) is 0 Å². The van der Waals surface area contributed by atoms with Gasteiger partial charge in [0.1, 0.15) is 0 Å². The van der Waals surface area contributed by atoms with Crippen LogP contribution < -0.4 is 16.0 Å². The minimum absolute atomic E-state index is 0.259. The van der Waals surface area contributed by atoms with E-state index in [4.69, 9.17) is 0 Å². The van der Waals surface area contributed by atoms with Gasteiger partial charge in [0.05, 0.1) is 6.54 Å². The summed E-state index contributed by atoms with van der Waals surface area (Å²) >= 11 is 0. The zero-order chi connectivity index (χ0) is 13.8. The highest BCUT2D eigenvalue weighted by Gasteiger charge is 2.22. The topological polar surface area (TPSA) is 73.5 Å². The van der Waals surface area contributed by atoms with Crippen LogP contribution >= 0.6 is 0 Å². The zero-order valence-corrected chi connectivity index (χ0v) is 11.7. The van der Waals surface area contributed by atoms with Gasteiger partial charge in [-0.2, -0.15) is 0 Å². The number of nitrogens with zero attached hydrogens (tertiary/aromatic N) is 1. The summed E-state index contributed by atoms with van der Waals surface area (Å²) in [5.74, 6) is -0.259. The van der Waals surface area contributed by atoms with E-state index in [2.05, 4.69) is 27.8 Å². The fourth-order valence-corrected chi connectivity index (χ4v) is 1.84. The number of carbonyl (C=O) groups is 2. The van der Waals surface area contributed by atoms with E-state index in [1.54, 1.807) is 0 Å². The summed E-state index contributed by atoms with van der Waals surface area (Å²) in [6, 6.07) is -0.120. The molecule has 1 saturated heterocycles. The summed E-state index contributed by atoms with van der Waals surface area (Å²) < 4.78 is 0. The Morgan fingerprint density at radius 2 is 2.06 bits per heavy atom. The van der Waals surface area contributed by atoms with Crippen LogP contribution in [0.4, 0.5) is 4.79 Å². The van der Waals surface area contributed by atoms with E-state index in [-0.39, 0.29) is 18.0 Å². The number of imide groups is 1. The molecule has 0 aromatic rings. The van der Waals surface area contributed by atoms with Crippen molar-refractivity contribution in [3.63, 3.8) is 0 Å². The molecule has 3 N–H and O–H groups in total. The summed E-state index contributed by atoms with van der Waals surface area (Å²) in [7, 11) is 0. The molecule has 1 heterocycles. The maximum absolute atomic E-state index is 11.7. The smallest absolute Gasteiger partial charge is 0.321 e. The molecule has 18 heavy (non-hydrogen) atoms. The van der Waals surface area contributed by atoms with Crippen molar-refractivity contribution in [1.29, 1.82) is 0 Å². The van der Waals surface area contributed by atoms with E-state index in [0.717, 1.165) is 19.6 Å². The predicted octanol–water partition coefficient (Wildman–Crippen LogP) is -0.0956. The molecule has 0 saturated carbocycles. The average molecular weight is 256 g/mol. The SMILES string of the molecule is C[C@@H]1CNCCN1CC(=O)NC(=O)NC(C)(C)C. The van der Waals surface area contributed by atoms with Crippen LogP contribution in [0, 0.1) is 0 Å². The molecule has 0 aromatic heterocycles. The standard InChI is InChI=1S/C12H24N4O2/c1-9-7-13-5-6-16(9)8-10(17)14-11(18)15-12(2,3)4/h9,13H,5-8H2,1-4H3,(H2,14,15,17,18)/t9-/m1/s1. The third kappa shape index (κ3) is 5.46. The fourth-order valence-electron chi connectivity index (χ4n) is 1.84. The van der Waals surface area contributed by atoms with Crippen LogP contribution in [0.15, 0.2) is 0 Å². The Balaban J connectivity index is 2.34. The van der Waals surface area contributed by atoms with Crippen LogP contribution in [0.25, 0.3) is 0 Å². The normalized spacial score (nSPS) is 21.4. The van der Waals surface area contributed by atoms with Crippen molar-refractivity contribution in [1.82, 2.24) is 20.9 Å². The van der Waals surface area contributed by atoms with Gasteiger partial charge in [0.2, 0.25) is 5.91 Å². The van der Waals surface area contributed by atoms with Gasteiger partial charge in [-0.25, -0.2) is 4.79 Å². The van der Waals surface area contributed by atoms with E-state index in [1.165, 1.54) is 0 Å². The second-order valence-electron chi connectivity index (χ2n) is 5.78. The molecule has 0 unspecified atom stereocenters. The lowest BCUT2D eigenvalue weighted by atomic mass is 10.1. The molecule has 3 amide bonds. The lowest BCUT2D eigenvalue weighted by Gasteiger charge is -2.33. The van der Waals surface area contributed by atoms with Crippen molar-refractivity contribution >= 4 is 11.9 Å². The van der Waals surface area contributed by atoms with Gasteiger partial charge in [-0.05, 0) is 27.7 Å². The highest BCUT2D eigenvalue weighted by Crippen LogP contribution is 2.01. The number of nitrogens with one attached hydrogen (secondary N) is 3. The van der Waals surface area contributed by atoms with Gasteiger partial charge in [0.15, 0.2) is 0 Å². The van der Waals surface area contributed by atoms with Crippen LogP contribution in [0.1, 0.15) is 27.7 Å². The average Bonchev–Trinajstić information content (AvgIpc) is 2.18. The van der Waals surface area contributed by atoms with Gasteiger partial charge in [-0.3, -0.25) is 15.0 Å². The van der Waals surface area contributed by atoms with Crippen LogP contribution in [-0.2, 0) is 4.79 Å². The van der Waals surface area contributed by atoms with Crippen LogP contribution in [0.5, 0.6) is 0 Å². The number of piperazine rings is 1. The van der Waals surface area contributed by atoms with E-state index in [9.17, 15) is 9.59 Å². The summed E-state index contributed by atoms with van der Waals surface area (Å²) in [6.45, 7) is 10.5. The number of urea groups is 1. The van der Waals surface area contributed by atoms with Crippen molar-refractivity contribution in [2.75, 3.05) is 26.2 Å². The number of hydrogen-bond donors (Lipinski definition) is 3. The van der Waals surface area contributed by atoms with E-state index >= 15 is 0 Å². The maximum atomic E-state index is 11.7. The molecule has 0 spiro atoms. The van der Waals surface area contributed by atoms with Crippen molar-refractivity contribution in [3.05, 3.63) is 0 Å². The van der Waals surface area contributed by atoms with Crippen molar-refractivity contribution < 1.29 is 9.59 Å². The second kappa shape index (κ2) is 6.15. The van der Waals surface area contributed by atoms with Crippen molar-refractivity contribution in [3.8, 4) is 0 Å². The van der Waals surface area contributed by atoms with Gasteiger partial charge in [-0.15, -0.1) is 0 Å². The molecule has 0 bridgehead atoms. The first-order valence-corrected chi connectivity index (χ1v) is 6.35. The molecule has 1 aliphatic rings. The Morgan fingerprint density at radius 1 is 1.39 bits per heavy atom. The third-order valence-electron chi connectivity index (χ3n) is 2.73. The molecule has 6 nitrogen and oxygen atoms in total. The molecule has 1 rings (SSSR count). The van der Waals surface area contributed by atoms with Crippen LogP contribution in [-0.4, -0.2) is 54.6 Å². The summed E-state index contributed by atoms with van der Waals surface area (Å²) in [4.78, 5) is 25.3. The molecule has 0 aromatic carbocycles. The van der Waals surface area contributed by atoms with Gasteiger partial charge < -0.3 is 10.6 Å². The maximum Gasteiger partial charge on any atom is 0.321 e. The first kappa shape index (κ1) is 14.9. The summed E-state index contributed by atoms with van der Waals surface area (Å²) in [5, 5.41) is 8.31. The zero-order valence-electron chi connectivity index (χ0n) is 11.7.